The van der Waals surface area contributed by atoms with Gasteiger partial charge in [-0.15, -0.1) is 13.2 Å². The van der Waals surface area contributed by atoms with Gasteiger partial charge >= 0.3 is 12.5 Å². The quantitative estimate of drug-likeness (QED) is 0.347. The molecule has 2 atom stereocenters. The van der Waals surface area contributed by atoms with Crippen molar-refractivity contribution in [3.8, 4) is 22.6 Å². The molecule has 0 spiro atoms. The Hall–Kier alpha value is -2.56. The van der Waals surface area contributed by atoms with Crippen molar-refractivity contribution in [2.24, 2.45) is 17.8 Å². The molecule has 0 bridgehead atoms. The van der Waals surface area contributed by atoms with Gasteiger partial charge in [0.1, 0.15) is 0 Å². The van der Waals surface area contributed by atoms with Crippen LogP contribution in [-0.4, -0.2) is 25.2 Å². The monoisotopic (exact) mass is 538 g/mol. The average Bonchev–Trinajstić information content (AvgIpc) is 2.83. The molecule has 4 rings (SSSR count). The predicted octanol–water partition coefficient (Wildman–Crippen LogP) is 8.26. The van der Waals surface area contributed by atoms with Crippen molar-refractivity contribution in [1.29, 1.82) is 0 Å². The van der Waals surface area contributed by atoms with E-state index in [9.17, 15) is 35.1 Å². The zero-order valence-corrected chi connectivity index (χ0v) is 19.9. The molecule has 204 valence electrons. The predicted molar refractivity (Wildman–Crippen MR) is 118 cm³/mol. The number of hydrogen-bond donors (Lipinski definition) is 0. The summed E-state index contributed by atoms with van der Waals surface area (Å²) in [7, 11) is 0. The van der Waals surface area contributed by atoms with Gasteiger partial charge in [-0.25, -0.2) is 8.78 Å². The third kappa shape index (κ3) is 6.48. The van der Waals surface area contributed by atoms with Crippen molar-refractivity contribution in [2.75, 3.05) is 6.61 Å². The normalized spacial score (nSPS) is 25.1. The molecule has 2 aromatic carbocycles. The van der Waals surface area contributed by atoms with E-state index in [4.69, 9.17) is 4.74 Å². The van der Waals surface area contributed by atoms with Crippen LogP contribution in [0.5, 0.6) is 11.5 Å². The van der Waals surface area contributed by atoms with Crippen molar-refractivity contribution < 1.29 is 49.3 Å². The van der Waals surface area contributed by atoms with Crippen LogP contribution in [0.3, 0.4) is 0 Å². The summed E-state index contributed by atoms with van der Waals surface area (Å²) in [5.74, 6) is -7.51. The first-order valence-electron chi connectivity index (χ1n) is 12.1. The molecule has 1 heterocycles. The molecule has 2 aliphatic rings. The van der Waals surface area contributed by atoms with Crippen LogP contribution in [0.1, 0.15) is 45.4 Å². The second-order valence-corrected chi connectivity index (χ2v) is 9.76. The van der Waals surface area contributed by atoms with Crippen molar-refractivity contribution in [1.82, 2.24) is 0 Å². The summed E-state index contributed by atoms with van der Waals surface area (Å²) < 4.78 is 124. The third-order valence-electron chi connectivity index (χ3n) is 7.07. The van der Waals surface area contributed by atoms with Gasteiger partial charge in [-0.2, -0.15) is 13.2 Å². The fourth-order valence-corrected chi connectivity index (χ4v) is 5.04. The van der Waals surface area contributed by atoms with E-state index in [-0.39, 0.29) is 30.4 Å². The highest BCUT2D eigenvalue weighted by molar-refractivity contribution is 5.66. The number of rotatable bonds is 6. The van der Waals surface area contributed by atoms with Crippen molar-refractivity contribution in [3.63, 3.8) is 0 Å². The summed E-state index contributed by atoms with van der Waals surface area (Å²) >= 11 is 0. The van der Waals surface area contributed by atoms with E-state index in [2.05, 4.69) is 16.4 Å². The van der Waals surface area contributed by atoms with Gasteiger partial charge < -0.3 is 14.2 Å². The average molecular weight is 538 g/mol. The van der Waals surface area contributed by atoms with Crippen LogP contribution in [0.4, 0.5) is 35.1 Å². The maximum atomic E-state index is 14.9. The highest BCUT2D eigenvalue weighted by Gasteiger charge is 2.46. The number of halogens is 8. The van der Waals surface area contributed by atoms with E-state index in [0.717, 1.165) is 31.0 Å². The van der Waals surface area contributed by atoms with Gasteiger partial charge in [0.15, 0.2) is 23.1 Å². The number of benzene rings is 2. The first-order chi connectivity index (χ1) is 17.3. The highest BCUT2D eigenvalue weighted by Crippen LogP contribution is 2.43. The zero-order valence-electron chi connectivity index (χ0n) is 19.9. The molecule has 1 saturated heterocycles. The number of ether oxygens (including phenoxy) is 3. The van der Waals surface area contributed by atoms with Gasteiger partial charge in [0.25, 0.3) is 0 Å². The van der Waals surface area contributed by atoms with Gasteiger partial charge in [-0.05, 0) is 80.2 Å². The topological polar surface area (TPSA) is 27.7 Å². The standard InChI is InChI=1S/C26H26F8O3/c1-14-2-9-20(35-13-14)15-3-6-17(7-4-15)25(30,31)36-22-11-8-18(23(28)24(22)29)16-5-10-21(19(27)12-16)37-26(32,33)34/h5,8,10-12,14-15,17,20H,2-4,6-7,9,13H2,1H3. The van der Waals surface area contributed by atoms with Crippen molar-refractivity contribution >= 4 is 0 Å². The highest BCUT2D eigenvalue weighted by atomic mass is 19.4. The Balaban J connectivity index is 1.43. The molecule has 3 nitrogen and oxygen atoms in total. The Bertz CT molecular complexity index is 1090. The Morgan fingerprint density at radius 1 is 0.784 bits per heavy atom. The van der Waals surface area contributed by atoms with E-state index in [1.54, 1.807) is 0 Å². The molecular formula is C26H26F8O3. The third-order valence-corrected chi connectivity index (χ3v) is 7.07. The first-order valence-corrected chi connectivity index (χ1v) is 12.1. The molecule has 1 aliphatic heterocycles. The molecule has 1 saturated carbocycles. The van der Waals surface area contributed by atoms with Crippen LogP contribution in [0.2, 0.25) is 0 Å². The molecule has 2 aromatic rings. The second-order valence-electron chi connectivity index (χ2n) is 9.76. The van der Waals surface area contributed by atoms with Gasteiger partial charge in [-0.1, -0.05) is 13.0 Å². The molecule has 2 unspecified atom stereocenters. The molecule has 0 radical (unpaired) electrons. The molecular weight excluding hydrogens is 512 g/mol. The number of alkyl halides is 5. The summed E-state index contributed by atoms with van der Waals surface area (Å²) in [4.78, 5) is 0. The van der Waals surface area contributed by atoms with Crippen LogP contribution in [0.15, 0.2) is 30.3 Å². The summed E-state index contributed by atoms with van der Waals surface area (Å²) in [5.41, 5.74) is -0.868. The molecule has 1 aliphatic carbocycles. The lowest BCUT2D eigenvalue weighted by Gasteiger charge is -2.38. The lowest BCUT2D eigenvalue weighted by molar-refractivity contribution is -0.275. The van der Waals surface area contributed by atoms with Crippen LogP contribution in [0.25, 0.3) is 11.1 Å². The fraction of sp³-hybridized carbons (Fsp3) is 0.538. The summed E-state index contributed by atoms with van der Waals surface area (Å²) in [6, 6.07) is 3.67. The largest absolute Gasteiger partial charge is 0.573 e. The fourth-order valence-electron chi connectivity index (χ4n) is 5.04. The minimum absolute atomic E-state index is 0.0460. The van der Waals surface area contributed by atoms with Gasteiger partial charge in [0.05, 0.1) is 12.0 Å². The van der Waals surface area contributed by atoms with E-state index in [1.165, 1.54) is 0 Å². The van der Waals surface area contributed by atoms with E-state index >= 15 is 0 Å². The SMILES string of the molecule is CC1CCC(C2CCC(C(F)(F)Oc3ccc(-c4ccc(OC(F)(F)F)c(F)c4)c(F)c3F)CC2)OC1. The van der Waals surface area contributed by atoms with Crippen molar-refractivity contribution in [3.05, 3.63) is 47.8 Å². The van der Waals surface area contributed by atoms with Gasteiger partial charge in [0, 0.05) is 12.2 Å². The van der Waals surface area contributed by atoms with Crippen LogP contribution >= 0.6 is 0 Å². The summed E-state index contributed by atoms with van der Waals surface area (Å²) in [6.07, 6.45) is -5.64. The summed E-state index contributed by atoms with van der Waals surface area (Å²) in [6.45, 7) is 2.75. The van der Waals surface area contributed by atoms with Crippen molar-refractivity contribution in [2.45, 2.75) is 64.0 Å². The number of hydrogen-bond acceptors (Lipinski definition) is 3. The minimum Gasteiger partial charge on any atom is -0.429 e. The smallest absolute Gasteiger partial charge is 0.429 e. The van der Waals surface area contributed by atoms with E-state index in [1.807, 2.05) is 0 Å². The molecule has 2 fully saturated rings. The zero-order chi connectivity index (χ0) is 27.0. The minimum atomic E-state index is -5.15. The summed E-state index contributed by atoms with van der Waals surface area (Å²) in [5, 5.41) is 0. The maximum Gasteiger partial charge on any atom is 0.573 e. The van der Waals surface area contributed by atoms with Gasteiger partial charge in [0.2, 0.25) is 5.82 Å². The van der Waals surface area contributed by atoms with Crippen LogP contribution in [-0.2, 0) is 4.74 Å². The second kappa shape index (κ2) is 10.7. The lowest BCUT2D eigenvalue weighted by Crippen LogP contribution is -2.40. The first kappa shape index (κ1) is 27.5. The van der Waals surface area contributed by atoms with E-state index in [0.29, 0.717) is 37.5 Å². The molecule has 11 heteroatoms. The lowest BCUT2D eigenvalue weighted by atomic mass is 9.77. The Kier molecular flexibility index (Phi) is 7.92. The Morgan fingerprint density at radius 3 is 2.05 bits per heavy atom. The van der Waals surface area contributed by atoms with Crippen LogP contribution in [0, 0.1) is 35.2 Å². The maximum absolute atomic E-state index is 14.9. The molecule has 0 N–H and O–H groups in total. The Labute approximate surface area is 208 Å². The van der Waals surface area contributed by atoms with Gasteiger partial charge in [-0.3, -0.25) is 0 Å². The molecule has 0 aromatic heterocycles. The molecule has 37 heavy (non-hydrogen) atoms. The van der Waals surface area contributed by atoms with Crippen LogP contribution < -0.4 is 9.47 Å². The van der Waals surface area contributed by atoms with E-state index < -0.39 is 52.9 Å². The Morgan fingerprint density at radius 2 is 1.46 bits per heavy atom. The molecule has 0 amide bonds.